The summed E-state index contributed by atoms with van der Waals surface area (Å²) < 4.78 is 2.16. The van der Waals surface area contributed by atoms with E-state index in [4.69, 9.17) is 21.2 Å². The number of hydrogen-bond acceptors (Lipinski definition) is 4. The first kappa shape index (κ1) is 24.7. The first-order valence-corrected chi connectivity index (χ1v) is 11.9. The Balaban J connectivity index is 1.60. The molecule has 184 valence electrons. The molecule has 0 unspecified atom stereocenters. The first-order chi connectivity index (χ1) is 17.4. The minimum Gasteiger partial charge on any atom is -0.481 e. The summed E-state index contributed by atoms with van der Waals surface area (Å²) in [6.45, 7) is 0.826. The normalized spacial score (nSPS) is 10.9. The fourth-order valence-corrected chi connectivity index (χ4v) is 4.15. The maximum Gasteiger partial charge on any atom is 0.305 e. The van der Waals surface area contributed by atoms with Gasteiger partial charge in [-0.15, -0.1) is 0 Å². The molecule has 0 aliphatic carbocycles. The second-order valence-corrected chi connectivity index (χ2v) is 8.62. The fourth-order valence-electron chi connectivity index (χ4n) is 4.15. The number of fused-ring (bicyclic) bond motifs is 1. The van der Waals surface area contributed by atoms with Gasteiger partial charge in [0, 0.05) is 29.8 Å². The number of carboxylic acid groups (broad SMARTS) is 1. The third-order valence-electron chi connectivity index (χ3n) is 6.03. The summed E-state index contributed by atoms with van der Waals surface area (Å²) in [5, 5.41) is 19.1. The van der Waals surface area contributed by atoms with Gasteiger partial charge in [-0.2, -0.15) is 0 Å². The van der Waals surface area contributed by atoms with Crippen molar-refractivity contribution in [2.75, 3.05) is 6.54 Å². The predicted molar refractivity (Wildman–Crippen MR) is 140 cm³/mol. The molecule has 1 amide bonds. The molecule has 3 aromatic carbocycles. The number of nitrogens with zero attached hydrogens (tertiary/aromatic N) is 2. The topological polar surface area (TPSA) is 134 Å². The highest BCUT2D eigenvalue weighted by atomic mass is 16.4. The molecule has 0 radical (unpaired) electrons. The minimum absolute atomic E-state index is 0.00881. The number of rotatable bonds is 11. The molecule has 36 heavy (non-hydrogen) atoms. The molecule has 0 saturated carbocycles. The Hall–Kier alpha value is -4.46. The maximum absolute atomic E-state index is 12.5. The SMILES string of the molecule is N=C(N)c1ccc(-c2nc3cc(C(=O)NCCC(=O)O)ccc3n2CCCCc2ccccc2)cc1. The number of carbonyl (C=O) groups is 2. The highest BCUT2D eigenvalue weighted by Gasteiger charge is 2.15. The second-order valence-electron chi connectivity index (χ2n) is 8.62. The number of aliphatic carboxylic acids is 1. The fraction of sp³-hybridized carbons (Fsp3) is 0.214. The Morgan fingerprint density at radius 1 is 0.972 bits per heavy atom. The van der Waals surface area contributed by atoms with Gasteiger partial charge in [-0.3, -0.25) is 15.0 Å². The lowest BCUT2D eigenvalue weighted by atomic mass is 10.1. The van der Waals surface area contributed by atoms with E-state index in [0.717, 1.165) is 42.7 Å². The third-order valence-corrected chi connectivity index (χ3v) is 6.03. The van der Waals surface area contributed by atoms with Crippen LogP contribution in [0.15, 0.2) is 72.8 Å². The van der Waals surface area contributed by atoms with Crippen molar-refractivity contribution < 1.29 is 14.7 Å². The van der Waals surface area contributed by atoms with E-state index >= 15 is 0 Å². The van der Waals surface area contributed by atoms with Crippen molar-refractivity contribution in [3.05, 3.63) is 89.5 Å². The lowest BCUT2D eigenvalue weighted by Gasteiger charge is -2.10. The van der Waals surface area contributed by atoms with Crippen molar-refractivity contribution in [2.45, 2.75) is 32.2 Å². The largest absolute Gasteiger partial charge is 0.481 e. The molecule has 5 N–H and O–H groups in total. The molecule has 0 bridgehead atoms. The van der Waals surface area contributed by atoms with Crippen molar-refractivity contribution in [3.8, 4) is 11.4 Å². The Morgan fingerprint density at radius 3 is 2.39 bits per heavy atom. The molecule has 8 nitrogen and oxygen atoms in total. The summed E-state index contributed by atoms with van der Waals surface area (Å²) >= 11 is 0. The summed E-state index contributed by atoms with van der Waals surface area (Å²) in [6.07, 6.45) is 2.84. The van der Waals surface area contributed by atoms with Crippen LogP contribution in [0.5, 0.6) is 0 Å². The van der Waals surface area contributed by atoms with Gasteiger partial charge in [0.05, 0.1) is 17.5 Å². The van der Waals surface area contributed by atoms with E-state index in [1.807, 2.05) is 24.3 Å². The van der Waals surface area contributed by atoms with E-state index in [2.05, 4.69) is 34.1 Å². The van der Waals surface area contributed by atoms with Crippen molar-refractivity contribution in [1.82, 2.24) is 14.9 Å². The zero-order valence-electron chi connectivity index (χ0n) is 19.9. The summed E-state index contributed by atoms with van der Waals surface area (Å²) in [4.78, 5) is 28.1. The molecule has 0 aliphatic heterocycles. The summed E-state index contributed by atoms with van der Waals surface area (Å²) in [6, 6.07) is 23.2. The van der Waals surface area contributed by atoms with Crippen molar-refractivity contribution in [2.24, 2.45) is 5.73 Å². The highest BCUT2D eigenvalue weighted by molar-refractivity contribution is 5.98. The summed E-state index contributed by atoms with van der Waals surface area (Å²) in [7, 11) is 0. The number of unbranched alkanes of at least 4 members (excludes halogenated alkanes) is 1. The number of carbonyl (C=O) groups excluding carboxylic acids is 1. The zero-order valence-corrected chi connectivity index (χ0v) is 19.9. The Bertz CT molecular complexity index is 1380. The van der Waals surface area contributed by atoms with Crippen LogP contribution in [0.2, 0.25) is 0 Å². The second kappa shape index (κ2) is 11.3. The zero-order chi connectivity index (χ0) is 25.5. The number of carboxylic acids is 1. The van der Waals surface area contributed by atoms with E-state index < -0.39 is 5.97 Å². The number of amidine groups is 1. The number of nitrogens with two attached hydrogens (primary N) is 1. The van der Waals surface area contributed by atoms with Gasteiger partial charge in [-0.25, -0.2) is 4.98 Å². The van der Waals surface area contributed by atoms with Crippen LogP contribution in [0.4, 0.5) is 0 Å². The van der Waals surface area contributed by atoms with Crippen LogP contribution in [0.25, 0.3) is 22.4 Å². The number of aromatic nitrogens is 2. The summed E-state index contributed by atoms with van der Waals surface area (Å²) in [5.74, 6) is -0.502. The van der Waals surface area contributed by atoms with E-state index in [1.54, 1.807) is 24.3 Å². The van der Waals surface area contributed by atoms with Crippen molar-refractivity contribution >= 4 is 28.7 Å². The molecule has 4 rings (SSSR count). The number of hydrogen-bond donors (Lipinski definition) is 4. The van der Waals surface area contributed by atoms with Gasteiger partial charge in [0.25, 0.3) is 5.91 Å². The molecule has 0 fully saturated rings. The number of imidazole rings is 1. The Labute approximate surface area is 209 Å². The van der Waals surface area contributed by atoms with Gasteiger partial charge < -0.3 is 20.7 Å². The van der Waals surface area contributed by atoms with Gasteiger partial charge >= 0.3 is 5.97 Å². The van der Waals surface area contributed by atoms with Crippen LogP contribution in [0, 0.1) is 5.41 Å². The van der Waals surface area contributed by atoms with E-state index in [1.165, 1.54) is 5.56 Å². The highest BCUT2D eigenvalue weighted by Crippen LogP contribution is 2.27. The van der Waals surface area contributed by atoms with Gasteiger partial charge in [0.2, 0.25) is 0 Å². The average molecular weight is 484 g/mol. The smallest absolute Gasteiger partial charge is 0.305 e. The molecule has 0 spiro atoms. The van der Waals surface area contributed by atoms with E-state index in [9.17, 15) is 9.59 Å². The Kier molecular flexibility index (Phi) is 7.75. The predicted octanol–water partition coefficient (Wildman–Crippen LogP) is 4.21. The van der Waals surface area contributed by atoms with Crippen LogP contribution in [-0.2, 0) is 17.8 Å². The molecule has 1 heterocycles. The van der Waals surface area contributed by atoms with Crippen molar-refractivity contribution in [3.63, 3.8) is 0 Å². The lowest BCUT2D eigenvalue weighted by molar-refractivity contribution is -0.136. The third kappa shape index (κ3) is 5.96. The molecule has 0 saturated heterocycles. The van der Waals surface area contributed by atoms with Crippen LogP contribution in [0.1, 0.15) is 40.7 Å². The van der Waals surface area contributed by atoms with E-state index in [0.29, 0.717) is 16.6 Å². The number of amides is 1. The molecule has 4 aromatic rings. The van der Waals surface area contributed by atoms with Gasteiger partial charge in [-0.1, -0.05) is 54.6 Å². The van der Waals surface area contributed by atoms with Gasteiger partial charge in [-0.05, 0) is 43.0 Å². The Morgan fingerprint density at radius 2 is 1.69 bits per heavy atom. The number of aryl methyl sites for hydroxylation is 2. The standard InChI is InChI=1S/C28H29N5O3/c29-26(30)20-9-11-21(12-10-20)27-32-23-18-22(28(36)31-16-15-25(34)35)13-14-24(23)33(27)17-5-4-8-19-6-2-1-3-7-19/h1-3,6-7,9-14,18H,4-5,8,15-17H2,(H3,29,30)(H,31,36)(H,34,35). The molecule has 1 aromatic heterocycles. The molecule has 0 aliphatic rings. The lowest BCUT2D eigenvalue weighted by Crippen LogP contribution is -2.25. The average Bonchev–Trinajstić information content (AvgIpc) is 3.24. The number of nitrogens with one attached hydrogen (secondary N) is 2. The number of nitrogen functional groups attached to an aromatic ring is 1. The molecular formula is C28H29N5O3. The van der Waals surface area contributed by atoms with Crippen LogP contribution in [0.3, 0.4) is 0 Å². The quantitative estimate of drug-likeness (QED) is 0.144. The van der Waals surface area contributed by atoms with Gasteiger partial charge in [0.1, 0.15) is 11.7 Å². The van der Waals surface area contributed by atoms with Crippen molar-refractivity contribution in [1.29, 1.82) is 5.41 Å². The molecule has 8 heteroatoms. The van der Waals surface area contributed by atoms with Crippen LogP contribution >= 0.6 is 0 Å². The van der Waals surface area contributed by atoms with Gasteiger partial charge in [0.15, 0.2) is 0 Å². The van der Waals surface area contributed by atoms with Crippen LogP contribution < -0.4 is 11.1 Å². The summed E-state index contributed by atoms with van der Waals surface area (Å²) in [5.41, 5.74) is 10.5. The maximum atomic E-state index is 12.5. The molecule has 0 atom stereocenters. The van der Waals surface area contributed by atoms with Crippen LogP contribution in [-0.4, -0.2) is 38.9 Å². The minimum atomic E-state index is -0.961. The number of benzene rings is 3. The monoisotopic (exact) mass is 483 g/mol. The first-order valence-electron chi connectivity index (χ1n) is 11.9. The molecular weight excluding hydrogens is 454 g/mol. The van der Waals surface area contributed by atoms with E-state index in [-0.39, 0.29) is 24.7 Å².